The maximum absolute atomic E-state index is 12.1. The van der Waals surface area contributed by atoms with E-state index in [-0.39, 0.29) is 25.1 Å². The molecule has 6 nitrogen and oxygen atoms in total. The van der Waals surface area contributed by atoms with Gasteiger partial charge in [-0.15, -0.1) is 0 Å². The fourth-order valence-electron chi connectivity index (χ4n) is 2.85. The van der Waals surface area contributed by atoms with Gasteiger partial charge in [0, 0.05) is 19.5 Å². The second-order valence-electron chi connectivity index (χ2n) is 7.38. The van der Waals surface area contributed by atoms with Crippen molar-refractivity contribution in [1.29, 1.82) is 0 Å². The number of alkyl carbamates (subject to hydrolysis) is 1. The number of esters is 1. The number of hydrogen-bond acceptors (Lipinski definition) is 5. The summed E-state index contributed by atoms with van der Waals surface area (Å²) in [6.45, 7) is 6.76. The largest absolute Gasteiger partial charge is 0.461 e. The zero-order valence-electron chi connectivity index (χ0n) is 18.3. The molecule has 1 aromatic carbocycles. The first-order chi connectivity index (χ1) is 14.0. The molecular weight excluding hydrogens is 368 g/mol. The van der Waals surface area contributed by atoms with E-state index < -0.39 is 6.09 Å². The third-order valence-electron chi connectivity index (χ3n) is 4.87. The maximum atomic E-state index is 12.1. The van der Waals surface area contributed by atoms with Crippen molar-refractivity contribution in [2.75, 3.05) is 26.7 Å². The highest BCUT2D eigenvalue weighted by atomic mass is 16.6. The van der Waals surface area contributed by atoms with Gasteiger partial charge >= 0.3 is 12.1 Å². The first-order valence-corrected chi connectivity index (χ1v) is 10.9. The number of ether oxygens (including phenoxy) is 2. The van der Waals surface area contributed by atoms with E-state index in [2.05, 4.69) is 24.1 Å². The predicted octanol–water partition coefficient (Wildman–Crippen LogP) is 4.53. The molecule has 0 aliphatic heterocycles. The van der Waals surface area contributed by atoms with E-state index in [0.29, 0.717) is 13.0 Å². The summed E-state index contributed by atoms with van der Waals surface area (Å²) in [5.41, 5.74) is 0.963. The minimum atomic E-state index is -0.410. The van der Waals surface area contributed by atoms with E-state index in [1.54, 1.807) is 0 Å². The Morgan fingerprint density at radius 3 is 2.52 bits per heavy atom. The van der Waals surface area contributed by atoms with E-state index in [4.69, 9.17) is 9.47 Å². The van der Waals surface area contributed by atoms with Crippen molar-refractivity contribution in [2.45, 2.75) is 71.5 Å². The number of likely N-dealkylation sites (N-methyl/N-ethyl adjacent to an activating group) is 1. The van der Waals surface area contributed by atoms with Crippen LogP contribution in [0.5, 0.6) is 0 Å². The van der Waals surface area contributed by atoms with E-state index in [1.165, 1.54) is 6.42 Å². The molecule has 0 fully saturated rings. The van der Waals surface area contributed by atoms with E-state index in [9.17, 15) is 9.59 Å². The van der Waals surface area contributed by atoms with Crippen LogP contribution < -0.4 is 5.32 Å². The average molecular weight is 407 g/mol. The van der Waals surface area contributed by atoms with Crippen molar-refractivity contribution in [3.63, 3.8) is 0 Å². The summed E-state index contributed by atoms with van der Waals surface area (Å²) in [6.07, 6.45) is 5.26. The summed E-state index contributed by atoms with van der Waals surface area (Å²) in [5, 5.41) is 2.80. The lowest BCUT2D eigenvalue weighted by molar-refractivity contribution is -0.145. The molecule has 0 bridgehead atoms. The van der Waals surface area contributed by atoms with Gasteiger partial charge in [-0.05, 0) is 38.4 Å². The van der Waals surface area contributed by atoms with Gasteiger partial charge in [0.05, 0.1) is 0 Å². The molecule has 1 N–H and O–H groups in total. The summed E-state index contributed by atoms with van der Waals surface area (Å²) in [6, 6.07) is 9.61. The number of carbonyl (C=O) groups is 2. The molecular formula is C23H38N2O4. The molecule has 0 aliphatic rings. The summed E-state index contributed by atoms with van der Waals surface area (Å²) < 4.78 is 10.9. The number of hydrogen-bond donors (Lipinski definition) is 1. The first kappa shape index (κ1) is 25.0. The van der Waals surface area contributed by atoms with Gasteiger partial charge in [-0.25, -0.2) is 4.79 Å². The fraction of sp³-hybridized carbons (Fsp3) is 0.652. The number of unbranched alkanes of at least 4 members (excludes halogenated alkanes) is 3. The zero-order valence-corrected chi connectivity index (χ0v) is 18.3. The monoisotopic (exact) mass is 406 g/mol. The first-order valence-electron chi connectivity index (χ1n) is 10.9. The van der Waals surface area contributed by atoms with Gasteiger partial charge < -0.3 is 19.7 Å². The van der Waals surface area contributed by atoms with Crippen LogP contribution >= 0.6 is 0 Å². The zero-order chi connectivity index (χ0) is 21.3. The molecule has 0 heterocycles. The van der Waals surface area contributed by atoms with E-state index >= 15 is 0 Å². The lowest BCUT2D eigenvalue weighted by Gasteiger charge is -2.19. The summed E-state index contributed by atoms with van der Waals surface area (Å²) >= 11 is 0. The third kappa shape index (κ3) is 12.9. The van der Waals surface area contributed by atoms with Crippen LogP contribution in [0.15, 0.2) is 30.3 Å². The summed E-state index contributed by atoms with van der Waals surface area (Å²) in [7, 11) is 2.00. The minimum Gasteiger partial charge on any atom is -0.461 e. The van der Waals surface area contributed by atoms with E-state index in [1.807, 2.05) is 37.4 Å². The van der Waals surface area contributed by atoms with Gasteiger partial charge in [0.2, 0.25) is 0 Å². The Morgan fingerprint density at radius 2 is 1.83 bits per heavy atom. The van der Waals surface area contributed by atoms with Crippen LogP contribution in [0.25, 0.3) is 0 Å². The Morgan fingerprint density at radius 1 is 1.07 bits per heavy atom. The molecule has 0 saturated carbocycles. The number of nitrogens with one attached hydrogen (secondary N) is 1. The van der Waals surface area contributed by atoms with Gasteiger partial charge in [-0.2, -0.15) is 0 Å². The molecule has 0 spiro atoms. The number of amides is 1. The standard InChI is InChI=1S/C23H38N2O4/c1-4-6-7-11-14-21(29-23(27)24-17-18-25(3)5-2)15-16-22(26)28-19-20-12-9-8-10-13-20/h8-10,12-13,21H,4-7,11,14-19H2,1-3H3,(H,24,27). The van der Waals surface area contributed by atoms with Crippen LogP contribution in [0.2, 0.25) is 0 Å². The van der Waals surface area contributed by atoms with Crippen molar-refractivity contribution in [2.24, 2.45) is 0 Å². The van der Waals surface area contributed by atoms with Crippen LogP contribution in [-0.2, 0) is 20.9 Å². The molecule has 0 aromatic heterocycles. The lowest BCUT2D eigenvalue weighted by Crippen LogP contribution is -2.35. The SMILES string of the molecule is CCCCCCC(CCC(=O)OCc1ccccc1)OC(=O)NCCN(C)CC. The summed E-state index contributed by atoms with van der Waals surface area (Å²) in [4.78, 5) is 26.3. The van der Waals surface area contributed by atoms with Gasteiger partial charge in [0.25, 0.3) is 0 Å². The Hall–Kier alpha value is -2.08. The second kappa shape index (κ2) is 15.8. The Labute approximate surface area is 175 Å². The molecule has 1 amide bonds. The highest BCUT2D eigenvalue weighted by molar-refractivity contribution is 5.70. The highest BCUT2D eigenvalue weighted by Crippen LogP contribution is 2.14. The average Bonchev–Trinajstić information content (AvgIpc) is 2.73. The molecule has 0 aliphatic carbocycles. The molecule has 6 heteroatoms. The quantitative estimate of drug-likeness (QED) is 0.342. The van der Waals surface area contributed by atoms with Crippen LogP contribution in [0.3, 0.4) is 0 Å². The number of rotatable bonds is 15. The number of carbonyl (C=O) groups excluding carboxylic acids is 2. The van der Waals surface area contributed by atoms with Crippen molar-refractivity contribution in [3.8, 4) is 0 Å². The Kier molecular flexibility index (Phi) is 13.6. The van der Waals surface area contributed by atoms with Crippen LogP contribution in [-0.4, -0.2) is 49.7 Å². The highest BCUT2D eigenvalue weighted by Gasteiger charge is 2.17. The van der Waals surface area contributed by atoms with Crippen molar-refractivity contribution in [1.82, 2.24) is 10.2 Å². The Bertz CT molecular complexity index is 565. The van der Waals surface area contributed by atoms with Crippen LogP contribution in [0.4, 0.5) is 4.79 Å². The van der Waals surface area contributed by atoms with E-state index in [0.717, 1.165) is 44.3 Å². The van der Waals surface area contributed by atoms with Crippen LogP contribution in [0, 0.1) is 0 Å². The van der Waals surface area contributed by atoms with Crippen molar-refractivity contribution in [3.05, 3.63) is 35.9 Å². The van der Waals surface area contributed by atoms with Crippen LogP contribution in [0.1, 0.15) is 64.4 Å². The minimum absolute atomic E-state index is 0.247. The normalized spacial score (nSPS) is 11.9. The molecule has 1 aromatic rings. The van der Waals surface area contributed by atoms with Gasteiger partial charge in [-0.1, -0.05) is 63.4 Å². The topological polar surface area (TPSA) is 67.9 Å². The summed E-state index contributed by atoms with van der Waals surface area (Å²) in [5.74, 6) is -0.263. The fourth-order valence-corrected chi connectivity index (χ4v) is 2.85. The molecule has 1 rings (SSSR count). The maximum Gasteiger partial charge on any atom is 0.407 e. The molecule has 1 atom stereocenters. The van der Waals surface area contributed by atoms with Crippen molar-refractivity contribution < 1.29 is 19.1 Å². The number of nitrogens with zero attached hydrogens (tertiary/aromatic N) is 1. The molecule has 29 heavy (non-hydrogen) atoms. The molecule has 0 saturated heterocycles. The van der Waals surface area contributed by atoms with Gasteiger partial charge in [-0.3, -0.25) is 4.79 Å². The van der Waals surface area contributed by atoms with Gasteiger partial charge in [0.1, 0.15) is 12.7 Å². The number of benzene rings is 1. The lowest BCUT2D eigenvalue weighted by atomic mass is 10.1. The molecule has 0 radical (unpaired) electrons. The smallest absolute Gasteiger partial charge is 0.407 e. The second-order valence-corrected chi connectivity index (χ2v) is 7.38. The molecule has 164 valence electrons. The van der Waals surface area contributed by atoms with Crippen molar-refractivity contribution >= 4 is 12.1 Å². The predicted molar refractivity (Wildman–Crippen MR) is 116 cm³/mol. The van der Waals surface area contributed by atoms with Gasteiger partial charge in [0.15, 0.2) is 0 Å². The molecule has 1 unspecified atom stereocenters. The Balaban J connectivity index is 2.38. The third-order valence-corrected chi connectivity index (χ3v) is 4.87.